The van der Waals surface area contributed by atoms with Gasteiger partial charge < -0.3 is 15.4 Å². The molecule has 2 aliphatic rings. The molecule has 2 fully saturated rings. The Hall–Kier alpha value is -2.95. The van der Waals surface area contributed by atoms with Crippen molar-refractivity contribution in [2.45, 2.75) is 24.9 Å². The van der Waals surface area contributed by atoms with Gasteiger partial charge in [-0.25, -0.2) is 13.2 Å². The van der Waals surface area contributed by atoms with E-state index >= 15 is 0 Å². The lowest BCUT2D eigenvalue weighted by molar-refractivity contribution is -0.139. The van der Waals surface area contributed by atoms with Crippen LogP contribution in [0.1, 0.15) is 28.8 Å². The van der Waals surface area contributed by atoms with E-state index in [0.717, 1.165) is 4.90 Å². The molecule has 2 saturated heterocycles. The number of nitrogens with zero attached hydrogens (tertiary/aromatic N) is 1. The Morgan fingerprint density at radius 1 is 1.17 bits per heavy atom. The third-order valence-corrected chi connectivity index (χ3v) is 6.76. The summed E-state index contributed by atoms with van der Waals surface area (Å²) in [7, 11) is -1.96. The standard InChI is InChI=1S/C18H21N3O7S/c1-28-14(22)10-19-15(23)13-4-2-12(3-5-13)11-21-16(24)18(20-17(21)25)6-8-29(26,27)9-7-18/h2-5H,6-11H2,1H3,(H,19,23)(H,20,25). The number of hydrogen-bond acceptors (Lipinski definition) is 7. The minimum absolute atomic E-state index is 0.00320. The monoisotopic (exact) mass is 423 g/mol. The zero-order valence-electron chi connectivity index (χ0n) is 15.8. The molecule has 0 aromatic heterocycles. The Balaban J connectivity index is 1.64. The molecule has 4 amide bonds. The van der Waals surface area contributed by atoms with Gasteiger partial charge in [0.2, 0.25) is 0 Å². The summed E-state index contributed by atoms with van der Waals surface area (Å²) in [6.07, 6.45) is 0.130. The van der Waals surface area contributed by atoms with Crippen molar-refractivity contribution in [1.82, 2.24) is 15.5 Å². The molecule has 0 bridgehead atoms. The second-order valence-corrected chi connectivity index (χ2v) is 9.31. The first-order chi connectivity index (χ1) is 13.7. The summed E-state index contributed by atoms with van der Waals surface area (Å²) in [6.45, 7) is -0.249. The molecule has 3 rings (SSSR count). The number of rotatable bonds is 5. The van der Waals surface area contributed by atoms with E-state index < -0.39 is 39.2 Å². The van der Waals surface area contributed by atoms with E-state index in [4.69, 9.17) is 0 Å². The number of methoxy groups -OCH3 is 1. The maximum absolute atomic E-state index is 12.8. The highest BCUT2D eigenvalue weighted by atomic mass is 32.2. The molecule has 11 heteroatoms. The smallest absolute Gasteiger partial charge is 0.325 e. The summed E-state index contributed by atoms with van der Waals surface area (Å²) in [6, 6.07) is 5.68. The lowest BCUT2D eigenvalue weighted by Gasteiger charge is -2.30. The molecule has 29 heavy (non-hydrogen) atoms. The van der Waals surface area contributed by atoms with Crippen molar-refractivity contribution >= 4 is 33.7 Å². The van der Waals surface area contributed by atoms with Crippen LogP contribution < -0.4 is 10.6 Å². The summed E-state index contributed by atoms with van der Waals surface area (Å²) in [4.78, 5) is 49.2. The number of sulfone groups is 1. The lowest BCUT2D eigenvalue weighted by atomic mass is 9.92. The minimum atomic E-state index is -3.18. The molecule has 10 nitrogen and oxygen atoms in total. The van der Waals surface area contributed by atoms with E-state index in [2.05, 4.69) is 15.4 Å². The van der Waals surface area contributed by atoms with Crippen molar-refractivity contribution in [1.29, 1.82) is 0 Å². The van der Waals surface area contributed by atoms with Gasteiger partial charge in [-0.3, -0.25) is 19.3 Å². The van der Waals surface area contributed by atoms with Gasteiger partial charge in [-0.05, 0) is 30.5 Å². The first-order valence-corrected chi connectivity index (χ1v) is 10.8. The van der Waals surface area contributed by atoms with Gasteiger partial charge >= 0.3 is 12.0 Å². The highest BCUT2D eigenvalue weighted by Crippen LogP contribution is 2.31. The summed E-state index contributed by atoms with van der Waals surface area (Å²) >= 11 is 0. The number of nitrogens with one attached hydrogen (secondary N) is 2. The molecule has 2 aliphatic heterocycles. The van der Waals surface area contributed by atoms with Crippen molar-refractivity contribution in [2.75, 3.05) is 25.2 Å². The molecule has 0 saturated carbocycles. The van der Waals surface area contributed by atoms with Crippen molar-refractivity contribution in [3.63, 3.8) is 0 Å². The summed E-state index contributed by atoms with van der Waals surface area (Å²) in [5, 5.41) is 5.07. The van der Waals surface area contributed by atoms with Crippen LogP contribution in [-0.2, 0) is 30.7 Å². The van der Waals surface area contributed by atoms with Gasteiger partial charge in [-0.15, -0.1) is 0 Å². The number of imide groups is 1. The third kappa shape index (κ3) is 4.39. The zero-order chi connectivity index (χ0) is 21.2. The van der Waals surface area contributed by atoms with Crippen LogP contribution in [0, 0.1) is 0 Å². The molecule has 1 aromatic rings. The summed E-state index contributed by atoms with van der Waals surface area (Å²) in [5.41, 5.74) is -0.224. The van der Waals surface area contributed by atoms with E-state index in [0.29, 0.717) is 11.1 Å². The number of amides is 4. The number of hydrogen-bond donors (Lipinski definition) is 2. The summed E-state index contributed by atoms with van der Waals surface area (Å²) < 4.78 is 27.7. The molecular formula is C18H21N3O7S. The van der Waals surface area contributed by atoms with E-state index in [1.807, 2.05) is 0 Å². The largest absolute Gasteiger partial charge is 0.468 e. The molecule has 156 valence electrons. The van der Waals surface area contributed by atoms with Gasteiger partial charge in [-0.2, -0.15) is 0 Å². The number of esters is 1. The molecule has 0 atom stereocenters. The van der Waals surface area contributed by atoms with Crippen LogP contribution in [0.25, 0.3) is 0 Å². The number of urea groups is 1. The molecule has 1 aromatic carbocycles. The number of carbonyl (C=O) groups is 4. The second kappa shape index (κ2) is 7.82. The fourth-order valence-corrected chi connectivity index (χ4v) is 4.84. The molecular weight excluding hydrogens is 402 g/mol. The predicted octanol–water partition coefficient (Wildman–Crippen LogP) is -0.411. The van der Waals surface area contributed by atoms with Crippen molar-refractivity contribution in [3.05, 3.63) is 35.4 Å². The first kappa shape index (κ1) is 20.8. The third-order valence-electron chi connectivity index (χ3n) is 5.10. The van der Waals surface area contributed by atoms with Crippen LogP contribution in [0.4, 0.5) is 4.79 Å². The van der Waals surface area contributed by atoms with Crippen LogP contribution in [0.3, 0.4) is 0 Å². The van der Waals surface area contributed by atoms with Crippen molar-refractivity contribution in [2.24, 2.45) is 0 Å². The molecule has 0 aliphatic carbocycles. The average Bonchev–Trinajstić information content (AvgIpc) is 2.93. The van der Waals surface area contributed by atoms with Gasteiger partial charge in [0.25, 0.3) is 11.8 Å². The Morgan fingerprint density at radius 2 is 1.79 bits per heavy atom. The number of benzene rings is 1. The number of carbonyl (C=O) groups excluding carboxylic acids is 4. The molecule has 2 N–H and O–H groups in total. The van der Waals surface area contributed by atoms with Crippen LogP contribution in [0.15, 0.2) is 24.3 Å². The molecule has 0 unspecified atom stereocenters. The normalized spacial score (nSPS) is 19.7. The van der Waals surface area contributed by atoms with E-state index in [1.165, 1.54) is 19.2 Å². The van der Waals surface area contributed by atoms with Crippen LogP contribution >= 0.6 is 0 Å². The maximum Gasteiger partial charge on any atom is 0.325 e. The number of ether oxygens (including phenoxy) is 1. The molecule has 2 heterocycles. The van der Waals surface area contributed by atoms with Gasteiger partial charge in [-0.1, -0.05) is 12.1 Å². The van der Waals surface area contributed by atoms with Gasteiger partial charge in [0, 0.05) is 5.56 Å². The van der Waals surface area contributed by atoms with Gasteiger partial charge in [0.1, 0.15) is 12.1 Å². The topological polar surface area (TPSA) is 139 Å². The Kier molecular flexibility index (Phi) is 5.60. The molecule has 1 spiro atoms. The van der Waals surface area contributed by atoms with Crippen LogP contribution in [0.2, 0.25) is 0 Å². The van der Waals surface area contributed by atoms with E-state index in [9.17, 15) is 27.6 Å². The Bertz CT molecular complexity index is 942. The predicted molar refractivity (Wildman–Crippen MR) is 100 cm³/mol. The highest BCUT2D eigenvalue weighted by molar-refractivity contribution is 7.91. The van der Waals surface area contributed by atoms with Crippen LogP contribution in [-0.4, -0.2) is 67.8 Å². The van der Waals surface area contributed by atoms with Crippen molar-refractivity contribution < 1.29 is 32.3 Å². The van der Waals surface area contributed by atoms with Gasteiger partial charge in [0.05, 0.1) is 25.2 Å². The minimum Gasteiger partial charge on any atom is -0.468 e. The quantitative estimate of drug-likeness (QED) is 0.485. The molecule has 0 radical (unpaired) electrons. The SMILES string of the molecule is COC(=O)CNC(=O)c1ccc(CN2C(=O)NC3(CCS(=O)(=O)CC3)C2=O)cc1. The fourth-order valence-electron chi connectivity index (χ4n) is 3.32. The Morgan fingerprint density at radius 3 is 2.38 bits per heavy atom. The first-order valence-electron chi connectivity index (χ1n) is 8.94. The van der Waals surface area contributed by atoms with E-state index in [1.54, 1.807) is 12.1 Å². The lowest BCUT2D eigenvalue weighted by Crippen LogP contribution is -2.52. The fraction of sp³-hybridized carbons (Fsp3) is 0.444. The Labute approximate surface area is 167 Å². The second-order valence-electron chi connectivity index (χ2n) is 7.01. The zero-order valence-corrected chi connectivity index (χ0v) is 16.6. The summed E-state index contributed by atoms with van der Waals surface area (Å²) in [5.74, 6) is -1.74. The van der Waals surface area contributed by atoms with Crippen LogP contribution in [0.5, 0.6) is 0 Å². The highest BCUT2D eigenvalue weighted by Gasteiger charge is 2.53. The van der Waals surface area contributed by atoms with Crippen molar-refractivity contribution in [3.8, 4) is 0 Å². The average molecular weight is 423 g/mol. The van der Waals surface area contributed by atoms with Gasteiger partial charge in [0.15, 0.2) is 9.84 Å². The maximum atomic E-state index is 12.8. The van der Waals surface area contributed by atoms with E-state index in [-0.39, 0.29) is 37.4 Å².